The summed E-state index contributed by atoms with van der Waals surface area (Å²) in [6, 6.07) is 0.185. The zero-order chi connectivity index (χ0) is 26.5. The van der Waals surface area contributed by atoms with Crippen molar-refractivity contribution in [3.8, 4) is 0 Å². The molecule has 2 fully saturated rings. The van der Waals surface area contributed by atoms with Crippen molar-refractivity contribution in [1.29, 1.82) is 0 Å². The maximum absolute atomic E-state index is 13.0. The van der Waals surface area contributed by atoms with Crippen LogP contribution in [-0.2, 0) is 19.1 Å². The summed E-state index contributed by atoms with van der Waals surface area (Å²) in [5.41, 5.74) is 0.497. The molecule has 1 saturated carbocycles. The average molecular weight is 580 g/mol. The molecule has 0 aromatic carbocycles. The Bertz CT molecular complexity index is 1430. The van der Waals surface area contributed by atoms with Crippen LogP contribution in [-0.4, -0.2) is 98.7 Å². The van der Waals surface area contributed by atoms with Gasteiger partial charge >= 0.3 is 7.60 Å². The van der Waals surface area contributed by atoms with Crippen LogP contribution in [0.2, 0.25) is 5.28 Å². The molecule has 3 aromatic heterocycles. The molecule has 0 bridgehead atoms. The molecule has 4 heterocycles. The summed E-state index contributed by atoms with van der Waals surface area (Å²) >= 11 is 6.12. The molecule has 5 atom stereocenters. The van der Waals surface area contributed by atoms with Gasteiger partial charge < -0.3 is 30.1 Å². The van der Waals surface area contributed by atoms with Gasteiger partial charge in [0.1, 0.15) is 18.3 Å². The fourth-order valence-corrected chi connectivity index (χ4v) is 8.50. The highest BCUT2D eigenvalue weighted by Crippen LogP contribution is 2.54. The van der Waals surface area contributed by atoms with Crippen molar-refractivity contribution in [1.82, 2.24) is 40.1 Å². The Balaban J connectivity index is 1.42. The number of H-pyrrole nitrogens is 1. The number of sulfone groups is 1. The molecule has 1 saturated heterocycles. The molecular weight excluding hydrogens is 557 g/mol. The van der Waals surface area contributed by atoms with E-state index in [-0.39, 0.29) is 17.0 Å². The zero-order valence-corrected chi connectivity index (χ0v) is 21.3. The lowest BCUT2D eigenvalue weighted by Gasteiger charge is -2.20. The second-order valence-electron chi connectivity index (χ2n) is 8.88. The molecule has 2 aliphatic rings. The number of imidazole rings is 1. The van der Waals surface area contributed by atoms with Crippen LogP contribution in [0.3, 0.4) is 0 Å². The highest BCUT2D eigenvalue weighted by molar-refractivity contribution is 7.97. The number of hydrogen-bond donors (Lipinski definition) is 6. The van der Waals surface area contributed by atoms with Crippen LogP contribution in [0, 0.1) is 0 Å². The highest BCUT2D eigenvalue weighted by atomic mass is 35.5. The van der Waals surface area contributed by atoms with Crippen LogP contribution in [0.5, 0.6) is 0 Å². The van der Waals surface area contributed by atoms with E-state index in [9.17, 15) is 33.0 Å². The van der Waals surface area contributed by atoms with Gasteiger partial charge in [0, 0.05) is 6.04 Å². The van der Waals surface area contributed by atoms with Crippen LogP contribution in [0.25, 0.3) is 11.2 Å². The number of nitrogens with one attached hydrogen (secondary N) is 2. The number of fused-ring (bicyclic) bond motifs is 1. The van der Waals surface area contributed by atoms with E-state index in [1.54, 1.807) is 0 Å². The summed E-state index contributed by atoms with van der Waals surface area (Å²) in [7, 11) is -10.1. The molecule has 20 heteroatoms. The number of nitrogens with zero attached hydrogens (tertiary/aromatic N) is 7. The summed E-state index contributed by atoms with van der Waals surface area (Å²) in [6.07, 6.45) is -0.954. The van der Waals surface area contributed by atoms with Gasteiger partial charge in [0.15, 0.2) is 33.0 Å². The van der Waals surface area contributed by atoms with Crippen molar-refractivity contribution in [3.63, 3.8) is 0 Å². The van der Waals surface area contributed by atoms with Gasteiger partial charge in [-0.3, -0.25) is 9.13 Å². The second-order valence-corrected chi connectivity index (χ2v) is 13.4. The van der Waals surface area contributed by atoms with E-state index in [2.05, 4.69) is 35.7 Å². The topological polar surface area (TPSA) is 251 Å². The van der Waals surface area contributed by atoms with E-state index in [4.69, 9.17) is 16.3 Å². The molecule has 202 valence electrons. The SMILES string of the molecule is O=P(O)(O)C(c1nn[nH]n1)S(=O)(=O)C[C@H]1O[C@@H](n2cnc3c(NC4CCCC4)nc(Cl)nc32)[C@H](O)[C@@H]1O. The third-order valence-corrected chi connectivity index (χ3v) is 10.8. The van der Waals surface area contributed by atoms with Crippen LogP contribution < -0.4 is 5.32 Å². The van der Waals surface area contributed by atoms with Gasteiger partial charge in [0.05, 0.1) is 12.1 Å². The van der Waals surface area contributed by atoms with Gasteiger partial charge in [-0.2, -0.15) is 15.2 Å². The van der Waals surface area contributed by atoms with Crippen molar-refractivity contribution < 1.29 is 37.7 Å². The highest BCUT2D eigenvalue weighted by Gasteiger charge is 2.51. The minimum atomic E-state index is -5.32. The maximum Gasteiger partial charge on any atom is 0.351 e. The summed E-state index contributed by atoms with van der Waals surface area (Å²) in [5.74, 6) is -1.42. The molecule has 0 spiro atoms. The molecule has 1 aliphatic carbocycles. The number of aliphatic hydroxyl groups is 2. The number of halogens is 1. The van der Waals surface area contributed by atoms with Gasteiger partial charge in [-0.25, -0.2) is 13.4 Å². The first-order chi connectivity index (χ1) is 17.5. The van der Waals surface area contributed by atoms with E-state index >= 15 is 0 Å². The van der Waals surface area contributed by atoms with Crippen molar-refractivity contribution in [2.45, 2.75) is 61.3 Å². The number of ether oxygens (including phenoxy) is 1. The van der Waals surface area contributed by atoms with Gasteiger partial charge in [-0.1, -0.05) is 18.1 Å². The Hall–Kier alpha value is -2.31. The van der Waals surface area contributed by atoms with Gasteiger partial charge in [0.2, 0.25) is 16.1 Å². The summed E-state index contributed by atoms with van der Waals surface area (Å²) in [6.45, 7) is 0. The van der Waals surface area contributed by atoms with E-state index < -0.39 is 58.5 Å². The summed E-state index contributed by atoms with van der Waals surface area (Å²) in [5, 5.41) is 36.3. The van der Waals surface area contributed by atoms with Crippen molar-refractivity contribution in [2.24, 2.45) is 0 Å². The van der Waals surface area contributed by atoms with Crippen molar-refractivity contribution >= 4 is 46.0 Å². The van der Waals surface area contributed by atoms with Crippen LogP contribution in [0.1, 0.15) is 42.7 Å². The Kier molecular flexibility index (Phi) is 6.95. The Labute approximate surface area is 213 Å². The number of hydrogen-bond acceptors (Lipinski definition) is 13. The molecule has 6 N–H and O–H groups in total. The lowest BCUT2D eigenvalue weighted by molar-refractivity contribution is -0.0292. The second kappa shape index (κ2) is 9.77. The van der Waals surface area contributed by atoms with E-state index in [1.807, 2.05) is 5.21 Å². The van der Waals surface area contributed by atoms with Crippen molar-refractivity contribution in [3.05, 3.63) is 17.4 Å². The first-order valence-electron chi connectivity index (χ1n) is 11.1. The fourth-order valence-electron chi connectivity index (χ4n) is 4.65. The predicted molar refractivity (Wildman–Crippen MR) is 125 cm³/mol. The van der Waals surface area contributed by atoms with Crippen LogP contribution in [0.4, 0.5) is 5.82 Å². The molecule has 5 rings (SSSR count). The number of anilines is 1. The molecular formula is C17H23ClN9O8PS. The van der Waals surface area contributed by atoms with Crippen LogP contribution in [0.15, 0.2) is 6.33 Å². The normalized spacial score (nSPS) is 26.2. The molecule has 0 radical (unpaired) electrons. The third-order valence-electron chi connectivity index (χ3n) is 6.33. The van der Waals surface area contributed by atoms with E-state index in [0.717, 1.165) is 25.7 Å². The molecule has 37 heavy (non-hydrogen) atoms. The number of aromatic nitrogens is 8. The van der Waals surface area contributed by atoms with Gasteiger partial charge in [-0.15, -0.1) is 10.2 Å². The van der Waals surface area contributed by atoms with E-state index in [0.29, 0.717) is 11.3 Å². The quantitative estimate of drug-likeness (QED) is 0.142. The minimum Gasteiger partial charge on any atom is -0.387 e. The lowest BCUT2D eigenvalue weighted by Crippen LogP contribution is -2.36. The fraction of sp³-hybridized carbons (Fsp3) is 0.647. The molecule has 0 amide bonds. The predicted octanol–water partition coefficient (Wildman–Crippen LogP) is -0.742. The number of aliphatic hydroxyl groups excluding tert-OH is 2. The zero-order valence-electron chi connectivity index (χ0n) is 18.9. The molecule has 3 aromatic rings. The van der Waals surface area contributed by atoms with Gasteiger partial charge in [-0.05, 0) is 24.4 Å². The summed E-state index contributed by atoms with van der Waals surface area (Å²) < 4.78 is 44.9. The molecule has 1 unspecified atom stereocenters. The Morgan fingerprint density at radius 1 is 1.24 bits per heavy atom. The number of rotatable bonds is 8. The first-order valence-corrected chi connectivity index (χ1v) is 14.9. The van der Waals surface area contributed by atoms with Crippen LogP contribution >= 0.6 is 19.2 Å². The van der Waals surface area contributed by atoms with E-state index in [1.165, 1.54) is 10.9 Å². The Morgan fingerprint density at radius 3 is 2.62 bits per heavy atom. The molecule has 17 nitrogen and oxygen atoms in total. The van der Waals surface area contributed by atoms with Crippen molar-refractivity contribution in [2.75, 3.05) is 11.1 Å². The smallest absolute Gasteiger partial charge is 0.351 e. The largest absolute Gasteiger partial charge is 0.387 e. The number of tetrazole rings is 1. The Morgan fingerprint density at radius 2 is 1.97 bits per heavy atom. The summed E-state index contributed by atoms with van der Waals surface area (Å²) in [4.78, 5) is 29.5. The monoisotopic (exact) mass is 579 g/mol. The first kappa shape index (κ1) is 26.3. The minimum absolute atomic E-state index is 0.105. The van der Waals surface area contributed by atoms with Gasteiger partial charge in [0.25, 0.3) is 0 Å². The maximum atomic E-state index is 13.0. The standard InChI is InChI=1S/C17H23ClN9O8PS/c18-17-21-12(20-7-3-1-2-4-7)9-14(22-17)27(6-19-9)15-11(29)10(28)8(35-15)5-37(33,34)16(36(30,31)32)13-23-25-26-24-13/h6-8,10-11,15-16,28-29H,1-5H2,(H,20,21,22)(H2,30,31,32)(H,23,24,25,26)/t8-,10-,11-,15-,16?/m1/s1. The molecule has 1 aliphatic heterocycles. The average Bonchev–Trinajstić information content (AvgIpc) is 3.59. The third kappa shape index (κ3) is 5.07. The lowest BCUT2D eigenvalue weighted by atomic mass is 10.1. The number of aromatic amines is 1.